The summed E-state index contributed by atoms with van der Waals surface area (Å²) < 4.78 is 5.86. The third-order valence-electron chi connectivity index (χ3n) is 4.90. The topological polar surface area (TPSA) is 66.8 Å². The fraction of sp³-hybridized carbons (Fsp3) is 0.375. The Morgan fingerprint density at radius 2 is 1.91 bits per heavy atom. The van der Waals surface area contributed by atoms with Crippen LogP contribution >= 0.6 is 11.6 Å². The Hall–Kier alpha value is -1.69. The smallest absolute Gasteiger partial charge is 0.241 e. The van der Waals surface area contributed by atoms with E-state index in [4.69, 9.17) is 16.3 Å². The molecule has 6 heteroatoms. The molecule has 3 aliphatic rings. The van der Waals surface area contributed by atoms with Crippen LogP contribution in [-0.4, -0.2) is 34.7 Å². The zero-order valence-electron chi connectivity index (χ0n) is 11.8. The number of rotatable bonds is 2. The zero-order valence-corrected chi connectivity index (χ0v) is 12.6. The lowest BCUT2D eigenvalue weighted by Gasteiger charge is -2.27. The summed E-state index contributed by atoms with van der Waals surface area (Å²) in [4.78, 5) is 26.9. The minimum Gasteiger partial charge on any atom is -0.393 e. The number of para-hydroxylation sites is 1. The Labute approximate surface area is 132 Å². The van der Waals surface area contributed by atoms with Crippen LogP contribution in [0.25, 0.3) is 0 Å². The molecule has 2 saturated heterocycles. The average Bonchev–Trinajstić information content (AvgIpc) is 3.07. The average molecular weight is 320 g/mol. The van der Waals surface area contributed by atoms with Crippen molar-refractivity contribution in [2.75, 3.05) is 11.5 Å². The third kappa shape index (κ3) is 1.46. The van der Waals surface area contributed by atoms with Crippen molar-refractivity contribution in [2.45, 2.75) is 18.1 Å². The van der Waals surface area contributed by atoms with Crippen LogP contribution in [0.1, 0.15) is 6.92 Å². The van der Waals surface area contributed by atoms with Crippen LogP contribution in [0.5, 0.6) is 0 Å². The van der Waals surface area contributed by atoms with Crippen LogP contribution in [0, 0.1) is 11.8 Å². The van der Waals surface area contributed by atoms with Crippen LogP contribution in [-0.2, 0) is 14.3 Å². The van der Waals surface area contributed by atoms with Gasteiger partial charge in [0.2, 0.25) is 11.8 Å². The fourth-order valence-electron chi connectivity index (χ4n) is 3.91. The van der Waals surface area contributed by atoms with E-state index >= 15 is 0 Å². The summed E-state index contributed by atoms with van der Waals surface area (Å²) in [5, 5.41) is 10.1. The first-order chi connectivity index (χ1) is 10.4. The Morgan fingerprint density at radius 3 is 2.59 bits per heavy atom. The number of aliphatic hydroxyl groups excluding tert-OH is 1. The number of ether oxygens (including phenoxy) is 1. The number of aliphatic hydroxyl groups is 1. The van der Waals surface area contributed by atoms with Gasteiger partial charge in [0.25, 0.3) is 0 Å². The highest BCUT2D eigenvalue weighted by Crippen LogP contribution is 2.57. The largest absolute Gasteiger partial charge is 0.393 e. The molecule has 3 aliphatic heterocycles. The second-order valence-electron chi connectivity index (χ2n) is 6.15. The van der Waals surface area contributed by atoms with Crippen molar-refractivity contribution in [2.24, 2.45) is 11.8 Å². The molecule has 0 radical (unpaired) electrons. The number of hydrogen-bond acceptors (Lipinski definition) is 4. The highest BCUT2D eigenvalue weighted by molar-refractivity contribution is 6.36. The van der Waals surface area contributed by atoms with Gasteiger partial charge in [-0.2, -0.15) is 0 Å². The van der Waals surface area contributed by atoms with Gasteiger partial charge in [0, 0.05) is 0 Å². The van der Waals surface area contributed by atoms with Crippen molar-refractivity contribution in [1.82, 2.24) is 0 Å². The molecule has 3 heterocycles. The van der Waals surface area contributed by atoms with Crippen molar-refractivity contribution in [3.05, 3.63) is 41.4 Å². The molecule has 1 aromatic carbocycles. The van der Waals surface area contributed by atoms with Crippen molar-refractivity contribution >= 4 is 29.1 Å². The summed E-state index contributed by atoms with van der Waals surface area (Å²) in [5.41, 5.74) is -1.59. The molecule has 4 atom stereocenters. The molecule has 0 aliphatic carbocycles. The number of carbonyl (C=O) groups is 2. The van der Waals surface area contributed by atoms with E-state index in [0.717, 1.165) is 4.90 Å². The van der Waals surface area contributed by atoms with Crippen molar-refractivity contribution in [3.63, 3.8) is 0 Å². The first-order valence-electron chi connectivity index (χ1n) is 7.07. The van der Waals surface area contributed by atoms with E-state index in [9.17, 15) is 14.7 Å². The molecule has 4 rings (SSSR count). The van der Waals surface area contributed by atoms with E-state index in [0.29, 0.717) is 10.7 Å². The summed E-state index contributed by atoms with van der Waals surface area (Å²) in [6.07, 6.45) is 3.47. The molecule has 2 amide bonds. The van der Waals surface area contributed by atoms with Crippen LogP contribution in [0.15, 0.2) is 36.4 Å². The number of carbonyl (C=O) groups excluding carboxylic acids is 2. The number of fused-ring (bicyclic) bond motifs is 5. The first-order valence-corrected chi connectivity index (χ1v) is 7.45. The maximum atomic E-state index is 12.9. The second-order valence-corrected chi connectivity index (χ2v) is 6.56. The van der Waals surface area contributed by atoms with Gasteiger partial charge in [0.1, 0.15) is 5.60 Å². The van der Waals surface area contributed by atoms with E-state index in [-0.39, 0.29) is 18.4 Å². The molecule has 1 N–H and O–H groups in total. The van der Waals surface area contributed by atoms with Gasteiger partial charge in [-0.1, -0.05) is 35.9 Å². The van der Waals surface area contributed by atoms with Gasteiger partial charge in [-0.05, 0) is 19.1 Å². The Kier molecular flexibility index (Phi) is 2.65. The van der Waals surface area contributed by atoms with Gasteiger partial charge in [-0.25, -0.2) is 4.90 Å². The van der Waals surface area contributed by atoms with E-state index in [1.165, 1.54) is 0 Å². The quantitative estimate of drug-likeness (QED) is 0.663. The predicted octanol–water partition coefficient (Wildman–Crippen LogP) is 1.54. The third-order valence-corrected chi connectivity index (χ3v) is 5.22. The summed E-state index contributed by atoms with van der Waals surface area (Å²) in [5.74, 6) is -2.04. The molecular weight excluding hydrogens is 306 g/mol. The lowest BCUT2D eigenvalue weighted by molar-refractivity contribution is -0.131. The molecule has 1 aromatic rings. The summed E-state index contributed by atoms with van der Waals surface area (Å²) in [7, 11) is 0. The summed E-state index contributed by atoms with van der Waals surface area (Å²) >= 11 is 6.14. The van der Waals surface area contributed by atoms with E-state index < -0.39 is 23.0 Å². The minimum atomic E-state index is -1.11. The van der Waals surface area contributed by atoms with E-state index in [1.807, 2.05) is 0 Å². The minimum absolute atomic E-state index is 0.328. The molecule has 22 heavy (non-hydrogen) atoms. The predicted molar refractivity (Wildman–Crippen MR) is 79.4 cm³/mol. The van der Waals surface area contributed by atoms with Crippen LogP contribution < -0.4 is 4.90 Å². The lowest BCUT2D eigenvalue weighted by Crippen LogP contribution is -2.43. The number of imide groups is 1. The van der Waals surface area contributed by atoms with Gasteiger partial charge in [0.05, 0.1) is 34.8 Å². The standard InChI is InChI=1S/C16H14ClNO4/c1-15-6-7-16(8-19,22-15)12-11(15)13(20)18(14(12)21)10-5-3-2-4-9(10)17/h2-7,11-12,19H,8H2,1H3/t11-,12-,15-,16-/m0/s1. The molecule has 5 nitrogen and oxygen atoms in total. The fourth-order valence-corrected chi connectivity index (χ4v) is 4.13. The number of nitrogens with zero attached hydrogens (tertiary/aromatic N) is 1. The number of halogens is 1. The molecule has 0 unspecified atom stereocenters. The van der Waals surface area contributed by atoms with Gasteiger partial charge >= 0.3 is 0 Å². The Balaban J connectivity index is 1.84. The molecule has 114 valence electrons. The first kappa shape index (κ1) is 13.9. The number of anilines is 1. The maximum absolute atomic E-state index is 12.9. The molecule has 0 saturated carbocycles. The van der Waals surface area contributed by atoms with Gasteiger partial charge in [0.15, 0.2) is 0 Å². The number of hydrogen-bond donors (Lipinski definition) is 1. The molecule has 2 fully saturated rings. The highest BCUT2D eigenvalue weighted by atomic mass is 35.5. The van der Waals surface area contributed by atoms with Crippen molar-refractivity contribution < 1.29 is 19.4 Å². The van der Waals surface area contributed by atoms with Crippen LogP contribution in [0.2, 0.25) is 5.02 Å². The Morgan fingerprint density at radius 1 is 1.23 bits per heavy atom. The Bertz CT molecular complexity index is 733. The SMILES string of the molecule is C[C@@]12C=C[C@@](CO)(O1)[C@@H]1C(=O)N(c3ccccc3Cl)C(=O)[C@H]12. The molecular formula is C16H14ClNO4. The molecule has 0 aromatic heterocycles. The molecule has 2 bridgehead atoms. The van der Waals surface area contributed by atoms with Gasteiger partial charge in [-0.3, -0.25) is 9.59 Å². The monoisotopic (exact) mass is 319 g/mol. The normalized spacial score (nSPS) is 39.0. The number of benzene rings is 1. The molecule has 0 spiro atoms. The highest BCUT2D eigenvalue weighted by Gasteiger charge is 2.72. The van der Waals surface area contributed by atoms with E-state index in [2.05, 4.69) is 0 Å². The van der Waals surface area contributed by atoms with Crippen molar-refractivity contribution in [1.29, 1.82) is 0 Å². The van der Waals surface area contributed by atoms with Crippen LogP contribution in [0.3, 0.4) is 0 Å². The lowest BCUT2D eigenvalue weighted by atomic mass is 9.73. The van der Waals surface area contributed by atoms with Crippen molar-refractivity contribution in [3.8, 4) is 0 Å². The van der Waals surface area contributed by atoms with Gasteiger partial charge in [-0.15, -0.1) is 0 Å². The summed E-state index contributed by atoms with van der Waals surface area (Å²) in [6, 6.07) is 6.74. The maximum Gasteiger partial charge on any atom is 0.241 e. The number of amides is 2. The summed E-state index contributed by atoms with van der Waals surface area (Å²) in [6.45, 7) is 1.43. The van der Waals surface area contributed by atoms with Gasteiger partial charge < -0.3 is 9.84 Å². The zero-order chi connectivity index (χ0) is 15.7. The second kappa shape index (κ2) is 4.19. The van der Waals surface area contributed by atoms with Crippen LogP contribution in [0.4, 0.5) is 5.69 Å². The van der Waals surface area contributed by atoms with E-state index in [1.54, 1.807) is 43.3 Å².